The third kappa shape index (κ3) is 3.93. The maximum Gasteiger partial charge on any atom is 0.162 e. The summed E-state index contributed by atoms with van der Waals surface area (Å²) in [7, 11) is 0. The van der Waals surface area contributed by atoms with E-state index >= 15 is 0 Å². The Labute approximate surface area is 273 Å². The van der Waals surface area contributed by atoms with Crippen LogP contribution in [0.2, 0.25) is 0 Å². The number of pyridine rings is 1. The van der Waals surface area contributed by atoms with Crippen LogP contribution in [0, 0.1) is 5.41 Å². The highest BCUT2D eigenvalue weighted by atomic mass is 16.3. The van der Waals surface area contributed by atoms with Gasteiger partial charge in [-0.1, -0.05) is 91.0 Å². The van der Waals surface area contributed by atoms with Gasteiger partial charge in [0.15, 0.2) is 17.3 Å². The summed E-state index contributed by atoms with van der Waals surface area (Å²) >= 11 is 0. The number of amidine groups is 2. The van der Waals surface area contributed by atoms with Crippen LogP contribution in [0.25, 0.3) is 76.9 Å². The van der Waals surface area contributed by atoms with Gasteiger partial charge in [0.2, 0.25) is 0 Å². The molecule has 0 aliphatic heterocycles. The lowest BCUT2D eigenvalue weighted by molar-refractivity contribution is 0.667. The Morgan fingerprint density at radius 1 is 0.583 bits per heavy atom. The number of rotatable bonds is 3. The largest absolute Gasteiger partial charge is 0.456 e. The van der Waals surface area contributed by atoms with Crippen LogP contribution in [0.5, 0.6) is 0 Å². The Kier molecular flexibility index (Phi) is 5.63. The smallest absolute Gasteiger partial charge is 0.162 e. The van der Waals surface area contributed by atoms with Crippen molar-refractivity contribution in [1.29, 1.82) is 5.41 Å². The topological polar surface area (TPSA) is 87.7 Å². The molecule has 10 rings (SSSR count). The van der Waals surface area contributed by atoms with Crippen molar-refractivity contribution in [2.45, 2.75) is 0 Å². The first-order chi connectivity index (χ1) is 23.7. The van der Waals surface area contributed by atoms with Gasteiger partial charge < -0.3 is 8.83 Å². The second kappa shape index (κ2) is 10.2. The maximum atomic E-state index is 9.32. The number of aliphatic imine (C=N–C) groups is 2. The molecule has 3 heterocycles. The highest BCUT2D eigenvalue weighted by Crippen LogP contribution is 2.47. The summed E-state index contributed by atoms with van der Waals surface area (Å²) in [5.41, 5.74) is 10.1. The van der Waals surface area contributed by atoms with Crippen LogP contribution in [-0.4, -0.2) is 22.9 Å². The van der Waals surface area contributed by atoms with E-state index in [9.17, 15) is 5.41 Å². The number of aromatic nitrogens is 1. The van der Waals surface area contributed by atoms with Crippen molar-refractivity contribution in [3.8, 4) is 22.3 Å². The summed E-state index contributed by atoms with van der Waals surface area (Å²) in [4.78, 5) is 14.2. The van der Waals surface area contributed by atoms with Crippen LogP contribution in [-0.2, 0) is 0 Å². The SMILES string of the molecule is N=C(N=C(N=Cc1ccc2c(c1)-c1cccc3cccc-2c13)c1cccc2oc3ccccc3c12)c1cccc2oc3cnccc3c12. The number of furan rings is 2. The molecule has 224 valence electrons. The molecule has 0 unspecified atom stereocenters. The zero-order chi connectivity index (χ0) is 31.8. The van der Waals surface area contributed by atoms with Gasteiger partial charge in [0, 0.05) is 45.1 Å². The molecule has 1 aliphatic carbocycles. The minimum atomic E-state index is 0.0770. The molecular weight excluding hydrogens is 592 g/mol. The molecule has 6 heteroatoms. The van der Waals surface area contributed by atoms with Crippen LogP contribution in [0.3, 0.4) is 0 Å². The second-order valence-electron chi connectivity index (χ2n) is 12.0. The van der Waals surface area contributed by atoms with E-state index in [1.54, 1.807) is 12.4 Å². The summed E-state index contributed by atoms with van der Waals surface area (Å²) in [5.74, 6) is 0.489. The molecule has 0 atom stereocenters. The normalized spacial score (nSPS) is 12.7. The number of nitrogens with zero attached hydrogens (tertiary/aromatic N) is 3. The highest BCUT2D eigenvalue weighted by Gasteiger charge is 2.22. The van der Waals surface area contributed by atoms with Gasteiger partial charge in [-0.2, -0.15) is 0 Å². The molecule has 0 fully saturated rings. The van der Waals surface area contributed by atoms with Crippen molar-refractivity contribution in [2.75, 3.05) is 0 Å². The van der Waals surface area contributed by atoms with E-state index in [1.807, 2.05) is 72.9 Å². The summed E-state index contributed by atoms with van der Waals surface area (Å²) < 4.78 is 12.3. The molecule has 6 aromatic carbocycles. The van der Waals surface area contributed by atoms with Gasteiger partial charge in [-0.05, 0) is 68.9 Å². The Bertz CT molecular complexity index is 2870. The minimum absolute atomic E-state index is 0.0770. The molecule has 0 saturated carbocycles. The summed E-state index contributed by atoms with van der Waals surface area (Å²) in [6, 6.07) is 40.9. The first-order valence-electron chi connectivity index (χ1n) is 15.8. The lowest BCUT2D eigenvalue weighted by Crippen LogP contribution is -2.05. The number of nitrogens with one attached hydrogen (secondary N) is 1. The van der Waals surface area contributed by atoms with Gasteiger partial charge in [0.25, 0.3) is 0 Å². The van der Waals surface area contributed by atoms with Gasteiger partial charge in [-0.3, -0.25) is 10.4 Å². The molecule has 9 aromatic rings. The van der Waals surface area contributed by atoms with Crippen molar-refractivity contribution in [2.24, 2.45) is 9.98 Å². The standard InChI is InChI=1S/C42H24N4O2/c43-41(31-12-5-15-35-39(31)30-19-20-44-23-37(30)48-35)46-42(32-13-6-16-36-40(32)29-9-1-2-14-34(29)47-36)45-22-24-17-18-26-27-10-3-7-25-8-4-11-28(38(25)27)33(26)21-24/h1-23,43H. The van der Waals surface area contributed by atoms with Crippen LogP contribution >= 0.6 is 0 Å². The van der Waals surface area contributed by atoms with Gasteiger partial charge in [0.05, 0.1) is 6.20 Å². The van der Waals surface area contributed by atoms with Crippen molar-refractivity contribution in [1.82, 2.24) is 4.98 Å². The number of para-hydroxylation sites is 1. The third-order valence-electron chi connectivity index (χ3n) is 9.28. The average Bonchev–Trinajstić information content (AvgIpc) is 3.81. The first kappa shape index (κ1) is 26.5. The van der Waals surface area contributed by atoms with Gasteiger partial charge in [-0.25, -0.2) is 9.98 Å². The molecule has 1 N–H and O–H groups in total. The highest BCUT2D eigenvalue weighted by molar-refractivity contribution is 6.25. The fourth-order valence-electron chi connectivity index (χ4n) is 7.19. The first-order valence-corrected chi connectivity index (χ1v) is 15.8. The number of hydrogen-bond acceptors (Lipinski definition) is 4. The third-order valence-corrected chi connectivity index (χ3v) is 9.28. The summed E-state index contributed by atoms with van der Waals surface area (Å²) in [6.07, 6.45) is 5.27. The van der Waals surface area contributed by atoms with E-state index in [0.29, 0.717) is 22.6 Å². The molecule has 0 bridgehead atoms. The van der Waals surface area contributed by atoms with Gasteiger partial charge in [-0.15, -0.1) is 0 Å². The molecular formula is C42H24N4O2. The van der Waals surface area contributed by atoms with Crippen molar-refractivity contribution < 1.29 is 8.83 Å². The molecule has 0 radical (unpaired) electrons. The van der Waals surface area contributed by atoms with E-state index < -0.39 is 0 Å². The maximum absolute atomic E-state index is 9.32. The molecule has 3 aromatic heterocycles. The zero-order valence-electron chi connectivity index (χ0n) is 25.4. The predicted molar refractivity (Wildman–Crippen MR) is 195 cm³/mol. The van der Waals surface area contributed by atoms with Crippen molar-refractivity contribution in [3.63, 3.8) is 0 Å². The second-order valence-corrected chi connectivity index (χ2v) is 12.0. The Balaban J connectivity index is 1.15. The van der Waals surface area contributed by atoms with E-state index in [0.717, 1.165) is 43.8 Å². The van der Waals surface area contributed by atoms with Crippen molar-refractivity contribution in [3.05, 3.63) is 150 Å². The van der Waals surface area contributed by atoms with E-state index in [4.69, 9.17) is 18.8 Å². The summed E-state index contributed by atoms with van der Waals surface area (Å²) in [6.45, 7) is 0. The van der Waals surface area contributed by atoms with E-state index in [-0.39, 0.29) is 5.84 Å². The molecule has 0 spiro atoms. The predicted octanol–water partition coefficient (Wildman–Crippen LogP) is 10.6. The zero-order valence-corrected chi connectivity index (χ0v) is 25.4. The molecule has 1 aliphatic rings. The monoisotopic (exact) mass is 616 g/mol. The van der Waals surface area contributed by atoms with Gasteiger partial charge >= 0.3 is 0 Å². The molecule has 6 nitrogen and oxygen atoms in total. The van der Waals surface area contributed by atoms with Crippen LogP contribution in [0.1, 0.15) is 16.7 Å². The number of hydrogen-bond donors (Lipinski definition) is 1. The Morgan fingerprint density at radius 3 is 2.12 bits per heavy atom. The van der Waals surface area contributed by atoms with Gasteiger partial charge in [0.1, 0.15) is 16.7 Å². The fraction of sp³-hybridized carbons (Fsp3) is 0. The lowest BCUT2D eigenvalue weighted by Gasteiger charge is -2.07. The minimum Gasteiger partial charge on any atom is -0.456 e. The lowest BCUT2D eigenvalue weighted by atomic mass is 10.0. The van der Waals surface area contributed by atoms with E-state index in [1.165, 1.54) is 33.0 Å². The quantitative estimate of drug-likeness (QED) is 0.158. The van der Waals surface area contributed by atoms with Crippen LogP contribution in [0.4, 0.5) is 0 Å². The summed E-state index contributed by atoms with van der Waals surface area (Å²) in [5, 5.41) is 15.4. The van der Waals surface area contributed by atoms with Crippen LogP contribution in [0.15, 0.2) is 153 Å². The van der Waals surface area contributed by atoms with Crippen molar-refractivity contribution >= 4 is 72.5 Å². The Hall–Kier alpha value is -6.66. The molecule has 0 amide bonds. The fourth-order valence-corrected chi connectivity index (χ4v) is 7.19. The number of benzene rings is 6. The average molecular weight is 617 g/mol. The number of fused-ring (bicyclic) bond motifs is 9. The molecule has 48 heavy (non-hydrogen) atoms. The van der Waals surface area contributed by atoms with E-state index in [2.05, 4.69) is 59.6 Å². The molecule has 0 saturated heterocycles. The Morgan fingerprint density at radius 2 is 1.27 bits per heavy atom. The van der Waals surface area contributed by atoms with Crippen LogP contribution < -0.4 is 0 Å².